The highest BCUT2D eigenvalue weighted by Gasteiger charge is 2.14. The van der Waals surface area contributed by atoms with E-state index in [0.29, 0.717) is 29.5 Å². The highest BCUT2D eigenvalue weighted by Crippen LogP contribution is 2.28. The second kappa shape index (κ2) is 9.37. The topological polar surface area (TPSA) is 84.7 Å². The van der Waals surface area contributed by atoms with Crippen molar-refractivity contribution in [1.82, 2.24) is 4.90 Å². The lowest BCUT2D eigenvalue weighted by molar-refractivity contribution is -0.133. The highest BCUT2D eigenvalue weighted by molar-refractivity contribution is 6.32. The normalized spacial score (nSPS) is 11.7. The Labute approximate surface area is 141 Å². The summed E-state index contributed by atoms with van der Waals surface area (Å²) in [4.78, 5) is 25.4. The van der Waals surface area contributed by atoms with E-state index < -0.39 is 0 Å². The zero-order valence-corrected chi connectivity index (χ0v) is 14.5. The number of hydrogen-bond acceptors (Lipinski definition) is 4. The van der Waals surface area contributed by atoms with Gasteiger partial charge in [0, 0.05) is 31.2 Å². The standard InChI is InChI=1S/C16H24ClN3O3/c1-4-20(5-2)15(21)10-23-14-7-6-12(8-13(14)17)19-16(22)11(3)9-18/h6-8,11H,4-5,9-10,18H2,1-3H3,(H,19,22). The molecule has 23 heavy (non-hydrogen) atoms. The zero-order chi connectivity index (χ0) is 17.4. The molecule has 3 N–H and O–H groups in total. The summed E-state index contributed by atoms with van der Waals surface area (Å²) in [6.45, 7) is 7.04. The van der Waals surface area contributed by atoms with Crippen LogP contribution in [0.1, 0.15) is 20.8 Å². The first-order valence-corrected chi connectivity index (χ1v) is 8.01. The first kappa shape index (κ1) is 19.3. The molecule has 1 rings (SSSR count). The molecule has 0 aliphatic heterocycles. The smallest absolute Gasteiger partial charge is 0.260 e. The minimum absolute atomic E-state index is 0.0721. The van der Waals surface area contributed by atoms with Gasteiger partial charge in [0.15, 0.2) is 6.61 Å². The quantitative estimate of drug-likeness (QED) is 0.758. The summed E-state index contributed by atoms with van der Waals surface area (Å²) in [6.07, 6.45) is 0. The van der Waals surface area contributed by atoms with E-state index in [4.69, 9.17) is 22.1 Å². The lowest BCUT2D eigenvalue weighted by Crippen LogP contribution is -2.34. The molecule has 1 atom stereocenters. The molecule has 0 aliphatic rings. The number of anilines is 1. The van der Waals surface area contributed by atoms with Gasteiger partial charge in [0.2, 0.25) is 5.91 Å². The fraction of sp³-hybridized carbons (Fsp3) is 0.500. The number of nitrogens with one attached hydrogen (secondary N) is 1. The van der Waals surface area contributed by atoms with Crippen LogP contribution in [0.2, 0.25) is 5.02 Å². The van der Waals surface area contributed by atoms with Crippen molar-refractivity contribution in [3.8, 4) is 5.75 Å². The van der Waals surface area contributed by atoms with Crippen molar-refractivity contribution in [2.45, 2.75) is 20.8 Å². The van der Waals surface area contributed by atoms with Crippen LogP contribution < -0.4 is 15.8 Å². The molecule has 0 saturated heterocycles. The number of likely N-dealkylation sites (N-methyl/N-ethyl adjacent to an activating group) is 1. The zero-order valence-electron chi connectivity index (χ0n) is 13.8. The molecule has 1 aromatic rings. The molecular weight excluding hydrogens is 318 g/mol. The van der Waals surface area contributed by atoms with E-state index in [0.717, 1.165) is 0 Å². The Hall–Kier alpha value is -1.79. The number of ether oxygens (including phenoxy) is 1. The fourth-order valence-electron chi connectivity index (χ4n) is 1.88. The summed E-state index contributed by atoms with van der Waals surface area (Å²) in [5, 5.41) is 3.06. The number of halogens is 1. The second-order valence-electron chi connectivity index (χ2n) is 5.13. The van der Waals surface area contributed by atoms with Crippen LogP contribution >= 0.6 is 11.6 Å². The highest BCUT2D eigenvalue weighted by atomic mass is 35.5. The number of nitrogens with zero attached hydrogens (tertiary/aromatic N) is 1. The summed E-state index contributed by atoms with van der Waals surface area (Å²) in [5.41, 5.74) is 6.01. The van der Waals surface area contributed by atoms with Crippen molar-refractivity contribution in [3.05, 3.63) is 23.2 Å². The molecule has 2 amide bonds. The Morgan fingerprint density at radius 1 is 1.35 bits per heavy atom. The van der Waals surface area contributed by atoms with E-state index in [2.05, 4.69) is 5.32 Å². The average Bonchev–Trinajstić information content (AvgIpc) is 2.54. The number of nitrogens with two attached hydrogens (primary N) is 1. The van der Waals surface area contributed by atoms with Gasteiger partial charge in [-0.05, 0) is 32.0 Å². The molecule has 6 nitrogen and oxygen atoms in total. The predicted molar refractivity (Wildman–Crippen MR) is 91.7 cm³/mol. The van der Waals surface area contributed by atoms with Crippen molar-refractivity contribution in [1.29, 1.82) is 0 Å². The molecule has 0 saturated carbocycles. The minimum Gasteiger partial charge on any atom is -0.482 e. The SMILES string of the molecule is CCN(CC)C(=O)COc1ccc(NC(=O)C(C)CN)cc1Cl. The van der Waals surface area contributed by atoms with Gasteiger partial charge in [0.05, 0.1) is 5.02 Å². The number of rotatable bonds is 8. The van der Waals surface area contributed by atoms with Gasteiger partial charge < -0.3 is 20.7 Å². The van der Waals surface area contributed by atoms with Crippen LogP contribution in [0.4, 0.5) is 5.69 Å². The fourth-order valence-corrected chi connectivity index (χ4v) is 2.11. The van der Waals surface area contributed by atoms with Crippen molar-refractivity contribution in [2.24, 2.45) is 11.7 Å². The van der Waals surface area contributed by atoms with Crippen molar-refractivity contribution >= 4 is 29.1 Å². The van der Waals surface area contributed by atoms with Crippen LogP contribution in [0.25, 0.3) is 0 Å². The third-order valence-corrected chi connectivity index (χ3v) is 3.76. The summed E-state index contributed by atoms with van der Waals surface area (Å²) >= 11 is 6.13. The maximum absolute atomic E-state index is 11.9. The third kappa shape index (κ3) is 5.73. The summed E-state index contributed by atoms with van der Waals surface area (Å²) in [5.74, 6) is -0.150. The first-order valence-electron chi connectivity index (χ1n) is 7.63. The van der Waals surface area contributed by atoms with E-state index in [-0.39, 0.29) is 30.9 Å². The second-order valence-corrected chi connectivity index (χ2v) is 5.53. The van der Waals surface area contributed by atoms with Gasteiger partial charge in [-0.15, -0.1) is 0 Å². The van der Waals surface area contributed by atoms with Gasteiger partial charge in [-0.3, -0.25) is 9.59 Å². The van der Waals surface area contributed by atoms with Crippen LogP contribution in [0.5, 0.6) is 5.75 Å². The average molecular weight is 342 g/mol. The molecule has 0 radical (unpaired) electrons. The summed E-state index contributed by atoms with van der Waals surface area (Å²) in [6, 6.07) is 4.88. The predicted octanol–water partition coefficient (Wildman–Crippen LogP) is 2.12. The Morgan fingerprint density at radius 3 is 2.52 bits per heavy atom. The van der Waals surface area contributed by atoms with E-state index in [9.17, 15) is 9.59 Å². The maximum atomic E-state index is 11.9. The van der Waals surface area contributed by atoms with Gasteiger partial charge >= 0.3 is 0 Å². The summed E-state index contributed by atoms with van der Waals surface area (Å²) in [7, 11) is 0. The van der Waals surface area contributed by atoms with E-state index >= 15 is 0 Å². The monoisotopic (exact) mass is 341 g/mol. The van der Waals surface area contributed by atoms with E-state index in [1.807, 2.05) is 13.8 Å². The minimum atomic E-state index is -0.281. The molecule has 1 aromatic carbocycles. The maximum Gasteiger partial charge on any atom is 0.260 e. The molecule has 0 bridgehead atoms. The molecule has 128 valence electrons. The van der Waals surface area contributed by atoms with E-state index in [1.165, 1.54) is 0 Å². The number of carbonyl (C=O) groups excluding carboxylic acids is 2. The Morgan fingerprint density at radius 2 is 2.00 bits per heavy atom. The van der Waals surface area contributed by atoms with Crippen LogP contribution in [0, 0.1) is 5.92 Å². The Balaban J connectivity index is 2.66. The molecule has 0 spiro atoms. The summed E-state index contributed by atoms with van der Waals surface area (Å²) < 4.78 is 5.46. The molecule has 0 heterocycles. The number of carbonyl (C=O) groups is 2. The number of benzene rings is 1. The molecule has 7 heteroatoms. The van der Waals surface area contributed by atoms with Crippen LogP contribution in [0.15, 0.2) is 18.2 Å². The van der Waals surface area contributed by atoms with Crippen molar-refractivity contribution < 1.29 is 14.3 Å². The van der Waals surface area contributed by atoms with Gasteiger partial charge in [-0.2, -0.15) is 0 Å². The van der Waals surface area contributed by atoms with Gasteiger partial charge in [-0.25, -0.2) is 0 Å². The molecule has 0 aliphatic carbocycles. The van der Waals surface area contributed by atoms with Gasteiger partial charge in [-0.1, -0.05) is 18.5 Å². The number of amides is 2. The van der Waals surface area contributed by atoms with Crippen LogP contribution in [-0.4, -0.2) is 43.0 Å². The number of hydrogen-bond donors (Lipinski definition) is 2. The lowest BCUT2D eigenvalue weighted by atomic mass is 10.1. The van der Waals surface area contributed by atoms with E-state index in [1.54, 1.807) is 30.0 Å². The lowest BCUT2D eigenvalue weighted by Gasteiger charge is -2.19. The van der Waals surface area contributed by atoms with Crippen molar-refractivity contribution in [2.75, 3.05) is 31.6 Å². The van der Waals surface area contributed by atoms with Crippen molar-refractivity contribution in [3.63, 3.8) is 0 Å². The third-order valence-electron chi connectivity index (χ3n) is 3.47. The van der Waals surface area contributed by atoms with Gasteiger partial charge in [0.25, 0.3) is 5.91 Å². The Bertz CT molecular complexity index is 547. The van der Waals surface area contributed by atoms with Crippen LogP contribution in [-0.2, 0) is 9.59 Å². The van der Waals surface area contributed by atoms with Gasteiger partial charge in [0.1, 0.15) is 5.75 Å². The molecular formula is C16H24ClN3O3. The molecule has 0 aromatic heterocycles. The first-order chi connectivity index (χ1) is 10.9. The Kier molecular flexibility index (Phi) is 7.85. The molecule has 0 fully saturated rings. The molecule has 1 unspecified atom stereocenters. The largest absolute Gasteiger partial charge is 0.482 e. The van der Waals surface area contributed by atoms with Crippen LogP contribution in [0.3, 0.4) is 0 Å².